The van der Waals surface area contributed by atoms with Gasteiger partial charge < -0.3 is 21.1 Å². The van der Waals surface area contributed by atoms with Crippen molar-refractivity contribution in [1.82, 2.24) is 20.7 Å². The average Bonchev–Trinajstić information content (AvgIpc) is 2.75. The molecule has 0 aliphatic carbocycles. The molecular weight excluding hydrogens is 390 g/mol. The number of nitrogens with one attached hydrogen (secondary N) is 2. The quantitative estimate of drug-likeness (QED) is 0.349. The summed E-state index contributed by atoms with van der Waals surface area (Å²) in [6.45, 7) is 2.97. The summed E-state index contributed by atoms with van der Waals surface area (Å²) in [4.78, 5) is 50.5. The van der Waals surface area contributed by atoms with Gasteiger partial charge in [0, 0.05) is 39.0 Å². The Morgan fingerprint density at radius 1 is 1.10 bits per heavy atom. The molecule has 2 aliphatic heterocycles. The third-order valence-electron chi connectivity index (χ3n) is 5.79. The molecule has 0 spiro atoms. The summed E-state index contributed by atoms with van der Waals surface area (Å²) in [5, 5.41) is 13.0. The number of amides is 3. The Morgan fingerprint density at radius 3 is 2.50 bits per heavy atom. The molecule has 10 nitrogen and oxygen atoms in total. The van der Waals surface area contributed by atoms with Crippen LogP contribution in [0.15, 0.2) is 0 Å². The van der Waals surface area contributed by atoms with E-state index in [0.717, 1.165) is 37.4 Å². The molecule has 2 rings (SSSR count). The third-order valence-corrected chi connectivity index (χ3v) is 5.79. The number of imide groups is 1. The number of hydrogen-bond acceptors (Lipinski definition) is 7. The maximum atomic E-state index is 13.0. The molecule has 0 aromatic carbocycles. The summed E-state index contributed by atoms with van der Waals surface area (Å²) < 4.78 is 0. The van der Waals surface area contributed by atoms with Crippen molar-refractivity contribution in [3.63, 3.8) is 0 Å². The number of carbonyl (C=O) groups is 4. The standard InChI is InChI=1S/C20H35N5O5/c21-9-5-18(27)25(23-12-8-19(28)29)20(30)16-2-1-13-24(14-16)17(26)4-3-15-6-10-22-11-7-15/h15-16,22-23H,1-14,21H2,(H,28,29)/t16-/m1/s1. The van der Waals surface area contributed by atoms with Gasteiger partial charge in [0.1, 0.15) is 0 Å². The van der Waals surface area contributed by atoms with Gasteiger partial charge in [0.15, 0.2) is 0 Å². The summed E-state index contributed by atoms with van der Waals surface area (Å²) in [6, 6.07) is 0. The first-order valence-electron chi connectivity index (χ1n) is 10.9. The largest absolute Gasteiger partial charge is 0.481 e. The van der Waals surface area contributed by atoms with Gasteiger partial charge >= 0.3 is 5.97 Å². The van der Waals surface area contributed by atoms with Crippen molar-refractivity contribution in [3.8, 4) is 0 Å². The van der Waals surface area contributed by atoms with E-state index in [-0.39, 0.29) is 38.4 Å². The number of carbonyl (C=O) groups excluding carboxylic acids is 3. The van der Waals surface area contributed by atoms with Gasteiger partial charge in [-0.05, 0) is 51.1 Å². The number of nitrogens with zero attached hydrogens (tertiary/aromatic N) is 2. The van der Waals surface area contributed by atoms with Crippen LogP contribution >= 0.6 is 0 Å². The molecule has 2 saturated heterocycles. The van der Waals surface area contributed by atoms with E-state index < -0.39 is 23.7 Å². The van der Waals surface area contributed by atoms with E-state index in [9.17, 15) is 19.2 Å². The smallest absolute Gasteiger partial charge is 0.304 e. The Morgan fingerprint density at radius 2 is 1.83 bits per heavy atom. The normalized spacial score (nSPS) is 20.0. The summed E-state index contributed by atoms with van der Waals surface area (Å²) >= 11 is 0. The van der Waals surface area contributed by atoms with Gasteiger partial charge in [-0.3, -0.25) is 19.2 Å². The van der Waals surface area contributed by atoms with E-state index in [0.29, 0.717) is 31.7 Å². The van der Waals surface area contributed by atoms with Crippen LogP contribution in [0.4, 0.5) is 0 Å². The van der Waals surface area contributed by atoms with Gasteiger partial charge in [0.05, 0.1) is 12.3 Å². The highest BCUT2D eigenvalue weighted by molar-refractivity contribution is 5.96. The second-order valence-corrected chi connectivity index (χ2v) is 8.07. The minimum absolute atomic E-state index is 0.0164. The van der Waals surface area contributed by atoms with Crippen LogP contribution in [-0.4, -0.2) is 78.0 Å². The number of carboxylic acids is 1. The maximum absolute atomic E-state index is 13.0. The monoisotopic (exact) mass is 425 g/mol. The van der Waals surface area contributed by atoms with Crippen LogP contribution in [0.3, 0.4) is 0 Å². The second-order valence-electron chi connectivity index (χ2n) is 8.07. The number of hydrogen-bond donors (Lipinski definition) is 4. The van der Waals surface area contributed by atoms with Crippen molar-refractivity contribution in [2.24, 2.45) is 17.6 Å². The number of rotatable bonds is 10. The molecule has 3 amide bonds. The van der Waals surface area contributed by atoms with Crippen LogP contribution in [0.2, 0.25) is 0 Å². The number of aliphatic carboxylic acids is 1. The van der Waals surface area contributed by atoms with Crippen LogP contribution in [0, 0.1) is 11.8 Å². The van der Waals surface area contributed by atoms with Crippen molar-refractivity contribution in [3.05, 3.63) is 0 Å². The Hall–Kier alpha value is -2.04. The van der Waals surface area contributed by atoms with Crippen LogP contribution in [0.5, 0.6) is 0 Å². The SMILES string of the molecule is NCCC(=O)N(NCCC(=O)O)C(=O)[C@@H]1CCCN(C(=O)CCC2CCNCC2)C1. The van der Waals surface area contributed by atoms with Crippen LogP contribution in [0.1, 0.15) is 51.4 Å². The molecule has 10 heteroatoms. The highest BCUT2D eigenvalue weighted by Crippen LogP contribution is 2.22. The fourth-order valence-electron chi connectivity index (χ4n) is 4.04. The van der Waals surface area contributed by atoms with Crippen molar-refractivity contribution >= 4 is 23.7 Å². The molecule has 2 fully saturated rings. The second kappa shape index (κ2) is 12.6. The number of nitrogens with two attached hydrogens (primary N) is 1. The van der Waals surface area contributed by atoms with Gasteiger partial charge in [-0.15, -0.1) is 0 Å². The molecule has 5 N–H and O–H groups in total. The van der Waals surface area contributed by atoms with Crippen LogP contribution in [0.25, 0.3) is 0 Å². The molecule has 0 aromatic heterocycles. The number of carboxylic acid groups (broad SMARTS) is 1. The first-order chi connectivity index (χ1) is 14.4. The van der Waals surface area contributed by atoms with E-state index in [1.807, 2.05) is 0 Å². The predicted molar refractivity (Wildman–Crippen MR) is 110 cm³/mol. The van der Waals surface area contributed by atoms with Gasteiger partial charge in [0.2, 0.25) is 17.7 Å². The molecule has 0 bridgehead atoms. The predicted octanol–water partition coefficient (Wildman–Crippen LogP) is -0.312. The first-order valence-corrected chi connectivity index (χ1v) is 10.9. The number of piperidine rings is 2. The molecule has 0 unspecified atom stereocenters. The molecule has 170 valence electrons. The Bertz CT molecular complexity index is 608. The molecular formula is C20H35N5O5. The Labute approximate surface area is 177 Å². The lowest BCUT2D eigenvalue weighted by molar-refractivity contribution is -0.154. The topological polar surface area (TPSA) is 145 Å². The summed E-state index contributed by atoms with van der Waals surface area (Å²) in [5.74, 6) is -1.79. The molecule has 1 atom stereocenters. The molecule has 0 radical (unpaired) electrons. The lowest BCUT2D eigenvalue weighted by atomic mass is 9.92. The van der Waals surface area contributed by atoms with Crippen molar-refractivity contribution < 1.29 is 24.3 Å². The van der Waals surface area contributed by atoms with Crippen molar-refractivity contribution in [2.45, 2.75) is 51.4 Å². The fourth-order valence-corrected chi connectivity index (χ4v) is 4.04. The van der Waals surface area contributed by atoms with E-state index in [4.69, 9.17) is 10.8 Å². The lowest BCUT2D eigenvalue weighted by Gasteiger charge is -2.35. The minimum atomic E-state index is -1.02. The Balaban J connectivity index is 1.90. The van der Waals surface area contributed by atoms with E-state index in [2.05, 4.69) is 10.7 Å². The maximum Gasteiger partial charge on any atom is 0.304 e. The molecule has 2 heterocycles. The average molecular weight is 426 g/mol. The Kier molecular flexibility index (Phi) is 10.2. The lowest BCUT2D eigenvalue weighted by Crippen LogP contribution is -2.54. The number of hydrazine groups is 1. The fraction of sp³-hybridized carbons (Fsp3) is 0.800. The molecule has 0 aromatic rings. The van der Waals surface area contributed by atoms with Gasteiger partial charge in [-0.25, -0.2) is 10.4 Å². The highest BCUT2D eigenvalue weighted by Gasteiger charge is 2.33. The van der Waals surface area contributed by atoms with Gasteiger partial charge in [0.25, 0.3) is 0 Å². The summed E-state index contributed by atoms with van der Waals surface area (Å²) in [5.41, 5.74) is 8.08. The zero-order valence-electron chi connectivity index (χ0n) is 17.6. The van der Waals surface area contributed by atoms with E-state index in [1.165, 1.54) is 0 Å². The highest BCUT2D eigenvalue weighted by atomic mass is 16.4. The van der Waals surface area contributed by atoms with E-state index >= 15 is 0 Å². The van der Waals surface area contributed by atoms with Crippen molar-refractivity contribution in [2.75, 3.05) is 39.3 Å². The third kappa shape index (κ3) is 7.66. The van der Waals surface area contributed by atoms with Crippen LogP contribution in [-0.2, 0) is 19.2 Å². The molecule has 30 heavy (non-hydrogen) atoms. The van der Waals surface area contributed by atoms with Gasteiger partial charge in [-0.1, -0.05) is 0 Å². The van der Waals surface area contributed by atoms with E-state index in [1.54, 1.807) is 4.90 Å². The van der Waals surface area contributed by atoms with Crippen LogP contribution < -0.4 is 16.5 Å². The van der Waals surface area contributed by atoms with Crippen molar-refractivity contribution in [1.29, 1.82) is 0 Å². The zero-order chi connectivity index (χ0) is 21.9. The molecule has 2 aliphatic rings. The number of likely N-dealkylation sites (tertiary alicyclic amines) is 1. The van der Waals surface area contributed by atoms with Gasteiger partial charge in [-0.2, -0.15) is 0 Å². The molecule has 0 saturated carbocycles. The first kappa shape index (κ1) is 24.2. The summed E-state index contributed by atoms with van der Waals surface area (Å²) in [7, 11) is 0. The minimum Gasteiger partial charge on any atom is -0.481 e. The summed E-state index contributed by atoms with van der Waals surface area (Å²) in [6.07, 6.45) is 4.59. The zero-order valence-corrected chi connectivity index (χ0v) is 17.6.